The number of hydrogen-bond acceptors (Lipinski definition) is 5. The van der Waals surface area contributed by atoms with Crippen LogP contribution in [0.4, 0.5) is 0 Å². The largest absolute Gasteiger partial charge is 0.394 e. The van der Waals surface area contributed by atoms with Crippen LogP contribution in [0, 0.1) is 11.3 Å². The summed E-state index contributed by atoms with van der Waals surface area (Å²) in [5.41, 5.74) is 3.24. The topological polar surface area (TPSA) is 73.9 Å². The van der Waals surface area contributed by atoms with Crippen molar-refractivity contribution >= 4 is 11.3 Å². The fraction of sp³-hybridized carbons (Fsp3) is 0.467. The molecule has 6 heteroatoms. The monoisotopic (exact) mass is 302 g/mol. The van der Waals surface area contributed by atoms with Crippen molar-refractivity contribution in [2.45, 2.75) is 38.4 Å². The van der Waals surface area contributed by atoms with E-state index in [-0.39, 0.29) is 6.61 Å². The van der Waals surface area contributed by atoms with Crippen molar-refractivity contribution < 1.29 is 5.11 Å². The van der Waals surface area contributed by atoms with Gasteiger partial charge in [0.2, 0.25) is 0 Å². The molecule has 1 atom stereocenters. The first-order valence-corrected chi connectivity index (χ1v) is 8.06. The number of nitrogens with one attached hydrogen (secondary N) is 1. The number of aliphatic hydroxyl groups excluding tert-OH is 1. The molecular weight excluding hydrogens is 284 g/mol. The molecule has 0 saturated heterocycles. The van der Waals surface area contributed by atoms with Crippen LogP contribution in [-0.4, -0.2) is 21.5 Å². The second-order valence-electron chi connectivity index (χ2n) is 5.23. The van der Waals surface area contributed by atoms with E-state index in [2.05, 4.69) is 16.5 Å². The molecule has 2 heterocycles. The van der Waals surface area contributed by atoms with Gasteiger partial charge in [0.25, 0.3) is 0 Å². The third-order valence-corrected chi connectivity index (χ3v) is 4.82. The molecule has 0 saturated carbocycles. The predicted octanol–water partition coefficient (Wildman–Crippen LogP) is 1.98. The summed E-state index contributed by atoms with van der Waals surface area (Å²) in [7, 11) is 0. The molecule has 1 aliphatic rings. The molecule has 0 spiro atoms. The van der Waals surface area contributed by atoms with Crippen LogP contribution in [0.25, 0.3) is 0 Å². The number of hydrogen-bond donors (Lipinski definition) is 2. The molecular formula is C15H18N4OS. The minimum Gasteiger partial charge on any atom is -0.394 e. The molecule has 5 nitrogen and oxygen atoms in total. The van der Waals surface area contributed by atoms with Crippen molar-refractivity contribution in [3.63, 3.8) is 0 Å². The molecule has 110 valence electrons. The molecule has 0 aromatic carbocycles. The molecule has 3 rings (SSSR count). The molecule has 1 unspecified atom stereocenters. The van der Waals surface area contributed by atoms with Crippen molar-refractivity contribution in [3.05, 3.63) is 39.3 Å². The molecule has 0 amide bonds. The summed E-state index contributed by atoms with van der Waals surface area (Å²) in [6, 6.07) is 4.42. The van der Waals surface area contributed by atoms with Gasteiger partial charge in [-0.05, 0) is 25.3 Å². The maximum atomic E-state index is 9.08. The zero-order chi connectivity index (χ0) is 14.7. The van der Waals surface area contributed by atoms with Crippen LogP contribution in [-0.2, 0) is 19.5 Å². The Morgan fingerprint density at radius 1 is 1.57 bits per heavy atom. The summed E-state index contributed by atoms with van der Waals surface area (Å²) >= 11 is 1.62. The van der Waals surface area contributed by atoms with Crippen LogP contribution in [0.15, 0.2) is 17.6 Å². The van der Waals surface area contributed by atoms with Crippen molar-refractivity contribution in [2.75, 3.05) is 6.61 Å². The normalized spacial score (nSPS) is 17.4. The Labute approximate surface area is 127 Å². The van der Waals surface area contributed by atoms with Gasteiger partial charge < -0.3 is 10.4 Å². The third kappa shape index (κ3) is 3.00. The van der Waals surface area contributed by atoms with E-state index in [1.807, 2.05) is 22.3 Å². The van der Waals surface area contributed by atoms with E-state index in [0.29, 0.717) is 12.6 Å². The Bertz CT molecular complexity index is 655. The van der Waals surface area contributed by atoms with Gasteiger partial charge in [0.1, 0.15) is 6.07 Å². The molecule has 2 aromatic rings. The SMILES string of the molecule is N#Cc1csc(CNC2CCCc3c2cnn3CCO)c1. The summed E-state index contributed by atoms with van der Waals surface area (Å²) < 4.78 is 1.92. The zero-order valence-electron chi connectivity index (χ0n) is 11.7. The minimum atomic E-state index is 0.123. The lowest BCUT2D eigenvalue weighted by molar-refractivity contribution is 0.266. The van der Waals surface area contributed by atoms with Crippen LogP contribution in [0.5, 0.6) is 0 Å². The second-order valence-corrected chi connectivity index (χ2v) is 6.23. The summed E-state index contributed by atoms with van der Waals surface area (Å²) in [5.74, 6) is 0. The lowest BCUT2D eigenvalue weighted by Crippen LogP contribution is -2.25. The number of nitriles is 1. The lowest BCUT2D eigenvalue weighted by Gasteiger charge is -2.24. The Morgan fingerprint density at radius 3 is 3.24 bits per heavy atom. The fourth-order valence-electron chi connectivity index (χ4n) is 2.87. The van der Waals surface area contributed by atoms with E-state index in [0.717, 1.165) is 31.4 Å². The van der Waals surface area contributed by atoms with Crippen molar-refractivity contribution in [1.29, 1.82) is 5.26 Å². The van der Waals surface area contributed by atoms with Gasteiger partial charge in [-0.3, -0.25) is 4.68 Å². The molecule has 0 bridgehead atoms. The summed E-state index contributed by atoms with van der Waals surface area (Å²) in [5, 5.41) is 27.8. The highest BCUT2D eigenvalue weighted by Gasteiger charge is 2.23. The summed E-state index contributed by atoms with van der Waals surface area (Å²) in [6.45, 7) is 1.47. The summed E-state index contributed by atoms with van der Waals surface area (Å²) in [4.78, 5) is 1.18. The number of aliphatic hydroxyl groups is 1. The van der Waals surface area contributed by atoms with E-state index >= 15 is 0 Å². The van der Waals surface area contributed by atoms with E-state index < -0.39 is 0 Å². The van der Waals surface area contributed by atoms with E-state index in [9.17, 15) is 0 Å². The van der Waals surface area contributed by atoms with Crippen molar-refractivity contribution in [2.24, 2.45) is 0 Å². The predicted molar refractivity (Wildman–Crippen MR) is 80.9 cm³/mol. The number of aromatic nitrogens is 2. The smallest absolute Gasteiger partial charge is 0.100 e. The number of rotatable bonds is 5. The first-order chi connectivity index (χ1) is 10.3. The van der Waals surface area contributed by atoms with Gasteiger partial charge in [0.15, 0.2) is 0 Å². The van der Waals surface area contributed by atoms with Gasteiger partial charge in [-0.15, -0.1) is 11.3 Å². The van der Waals surface area contributed by atoms with Gasteiger partial charge in [0.05, 0.1) is 24.9 Å². The maximum Gasteiger partial charge on any atom is 0.100 e. The van der Waals surface area contributed by atoms with Gasteiger partial charge in [-0.1, -0.05) is 0 Å². The van der Waals surface area contributed by atoms with Crippen LogP contribution < -0.4 is 5.32 Å². The van der Waals surface area contributed by atoms with Crippen LogP contribution >= 0.6 is 11.3 Å². The molecule has 21 heavy (non-hydrogen) atoms. The molecule has 0 radical (unpaired) electrons. The van der Waals surface area contributed by atoms with Gasteiger partial charge in [-0.25, -0.2) is 0 Å². The standard InChI is InChI=1S/C15H18N4OS/c16-7-11-6-12(21-10-11)8-17-14-2-1-3-15-13(14)9-18-19(15)4-5-20/h6,9-10,14,17,20H,1-5,8H2. The van der Waals surface area contributed by atoms with Crippen LogP contribution in [0.2, 0.25) is 0 Å². The zero-order valence-corrected chi connectivity index (χ0v) is 12.6. The molecule has 0 aliphatic heterocycles. The van der Waals surface area contributed by atoms with Crippen molar-refractivity contribution in [3.8, 4) is 6.07 Å². The number of fused-ring (bicyclic) bond motifs is 1. The Morgan fingerprint density at radius 2 is 2.48 bits per heavy atom. The van der Waals surface area contributed by atoms with Crippen LogP contribution in [0.3, 0.4) is 0 Å². The number of nitrogens with zero attached hydrogens (tertiary/aromatic N) is 3. The quantitative estimate of drug-likeness (QED) is 0.885. The first-order valence-electron chi connectivity index (χ1n) is 7.18. The maximum absolute atomic E-state index is 9.08. The third-order valence-electron chi connectivity index (χ3n) is 3.88. The Kier molecular flexibility index (Phi) is 4.34. The van der Waals surface area contributed by atoms with Gasteiger partial charge in [0, 0.05) is 34.1 Å². The lowest BCUT2D eigenvalue weighted by atomic mass is 9.93. The van der Waals surface area contributed by atoms with Gasteiger partial charge >= 0.3 is 0 Å². The summed E-state index contributed by atoms with van der Waals surface area (Å²) in [6.07, 6.45) is 5.20. The highest BCUT2D eigenvalue weighted by molar-refractivity contribution is 7.10. The Balaban J connectivity index is 1.69. The Hall–Kier alpha value is -1.68. The van der Waals surface area contributed by atoms with Crippen molar-refractivity contribution in [1.82, 2.24) is 15.1 Å². The molecule has 1 aliphatic carbocycles. The first kappa shape index (κ1) is 14.3. The number of thiophene rings is 1. The molecule has 0 fully saturated rings. The highest BCUT2D eigenvalue weighted by Crippen LogP contribution is 2.30. The molecule has 2 aromatic heterocycles. The molecule has 2 N–H and O–H groups in total. The van der Waals surface area contributed by atoms with E-state index in [4.69, 9.17) is 10.4 Å². The van der Waals surface area contributed by atoms with Crippen LogP contribution in [0.1, 0.15) is 40.6 Å². The average molecular weight is 302 g/mol. The average Bonchev–Trinajstić information content (AvgIpc) is 3.13. The highest BCUT2D eigenvalue weighted by atomic mass is 32.1. The van der Waals surface area contributed by atoms with Gasteiger partial charge in [-0.2, -0.15) is 10.4 Å². The van der Waals surface area contributed by atoms with E-state index in [1.54, 1.807) is 11.3 Å². The fourth-order valence-corrected chi connectivity index (χ4v) is 3.63. The van der Waals surface area contributed by atoms with E-state index in [1.165, 1.54) is 16.1 Å². The second kappa shape index (κ2) is 6.39. The minimum absolute atomic E-state index is 0.123.